The summed E-state index contributed by atoms with van der Waals surface area (Å²) in [6, 6.07) is 6.07. The van der Waals surface area contributed by atoms with Crippen LogP contribution in [0, 0.1) is 25.5 Å². The zero-order valence-corrected chi connectivity index (χ0v) is 17.9. The highest BCUT2D eigenvalue weighted by Crippen LogP contribution is 2.33. The number of benzene rings is 1. The molecule has 1 unspecified atom stereocenters. The van der Waals surface area contributed by atoms with E-state index in [-0.39, 0.29) is 36.8 Å². The van der Waals surface area contributed by atoms with Gasteiger partial charge in [0.05, 0.1) is 24.1 Å². The molecule has 1 aromatic heterocycles. The van der Waals surface area contributed by atoms with E-state index in [4.69, 9.17) is 0 Å². The number of aromatic nitrogens is 1. The molecule has 0 saturated carbocycles. The van der Waals surface area contributed by atoms with E-state index >= 15 is 0 Å². The molecule has 168 valence electrons. The molecule has 9 heteroatoms. The van der Waals surface area contributed by atoms with Gasteiger partial charge < -0.3 is 10.2 Å². The van der Waals surface area contributed by atoms with Crippen LogP contribution in [0.5, 0.6) is 0 Å². The average molecular weight is 442 g/mol. The van der Waals surface area contributed by atoms with E-state index in [1.807, 2.05) is 26.0 Å². The van der Waals surface area contributed by atoms with Gasteiger partial charge in [0.1, 0.15) is 11.6 Å². The second-order valence-corrected chi connectivity index (χ2v) is 8.45. The number of hydrogen-bond acceptors (Lipinski definition) is 5. The van der Waals surface area contributed by atoms with E-state index in [1.54, 1.807) is 4.90 Å². The van der Waals surface area contributed by atoms with Gasteiger partial charge in [0.2, 0.25) is 17.7 Å². The van der Waals surface area contributed by atoms with Crippen molar-refractivity contribution in [3.05, 3.63) is 58.4 Å². The van der Waals surface area contributed by atoms with Crippen LogP contribution in [0.25, 0.3) is 0 Å². The Kier molecular flexibility index (Phi) is 5.90. The molecule has 4 rings (SSSR count). The van der Waals surface area contributed by atoms with E-state index in [1.165, 1.54) is 12.1 Å². The van der Waals surface area contributed by atoms with Crippen LogP contribution in [0.1, 0.15) is 41.3 Å². The summed E-state index contributed by atoms with van der Waals surface area (Å²) >= 11 is 0. The Bertz CT molecular complexity index is 1060. The van der Waals surface area contributed by atoms with Gasteiger partial charge in [-0.3, -0.25) is 24.7 Å². The summed E-state index contributed by atoms with van der Waals surface area (Å²) in [6.45, 7) is 4.66. The third-order valence-corrected chi connectivity index (χ3v) is 5.76. The van der Waals surface area contributed by atoms with Crippen molar-refractivity contribution in [1.29, 1.82) is 0 Å². The summed E-state index contributed by atoms with van der Waals surface area (Å²) in [7, 11) is 0. The maximum Gasteiger partial charge on any atom is 0.234 e. The van der Waals surface area contributed by atoms with Crippen molar-refractivity contribution in [2.75, 3.05) is 18.0 Å². The predicted octanol–water partition coefficient (Wildman–Crippen LogP) is 2.04. The van der Waals surface area contributed by atoms with Crippen molar-refractivity contribution >= 4 is 23.4 Å². The number of anilines is 1. The van der Waals surface area contributed by atoms with Gasteiger partial charge in [0, 0.05) is 36.5 Å². The molecule has 7 nitrogen and oxygen atoms in total. The normalized spacial score (nSPS) is 18.9. The molecule has 2 aliphatic heterocycles. The van der Waals surface area contributed by atoms with Crippen LogP contribution in [0.2, 0.25) is 0 Å². The van der Waals surface area contributed by atoms with E-state index in [0.717, 1.165) is 11.3 Å². The number of pyridine rings is 1. The fourth-order valence-electron chi connectivity index (χ4n) is 4.29. The van der Waals surface area contributed by atoms with Crippen LogP contribution < -0.4 is 15.5 Å². The SMILES string of the molecule is Cc1cc(C)nc(CC(=O)NC2CN(c3cc(F)c(C4CCC(=O)NC4=O)c(F)c3)C2)c1. The molecule has 32 heavy (non-hydrogen) atoms. The third kappa shape index (κ3) is 4.61. The van der Waals surface area contributed by atoms with E-state index in [0.29, 0.717) is 24.5 Å². The predicted molar refractivity (Wildman–Crippen MR) is 113 cm³/mol. The van der Waals surface area contributed by atoms with Crippen LogP contribution in [0.15, 0.2) is 24.3 Å². The van der Waals surface area contributed by atoms with Gasteiger partial charge in [0.15, 0.2) is 0 Å². The molecule has 0 spiro atoms. The van der Waals surface area contributed by atoms with Gasteiger partial charge in [-0.25, -0.2) is 8.78 Å². The zero-order chi connectivity index (χ0) is 23.0. The minimum Gasteiger partial charge on any atom is -0.367 e. The Hall–Kier alpha value is -3.36. The first kappa shape index (κ1) is 21.9. The fraction of sp³-hybridized carbons (Fsp3) is 0.391. The molecule has 3 amide bonds. The van der Waals surface area contributed by atoms with Crippen molar-refractivity contribution in [2.45, 2.75) is 45.1 Å². The number of halogens is 2. The summed E-state index contributed by atoms with van der Waals surface area (Å²) in [4.78, 5) is 41.7. The number of carbonyl (C=O) groups excluding carboxylic acids is 3. The lowest BCUT2D eigenvalue weighted by atomic mass is 9.89. The average Bonchev–Trinajstić information content (AvgIpc) is 2.64. The van der Waals surface area contributed by atoms with E-state index < -0.39 is 29.4 Å². The van der Waals surface area contributed by atoms with Crippen LogP contribution in [0.3, 0.4) is 0 Å². The molecule has 1 atom stereocenters. The molecule has 0 bridgehead atoms. The molecule has 2 fully saturated rings. The number of amides is 3. The lowest BCUT2D eigenvalue weighted by Gasteiger charge is -2.41. The Labute approximate surface area is 184 Å². The summed E-state index contributed by atoms with van der Waals surface area (Å²) in [6.07, 6.45) is 0.288. The molecule has 3 heterocycles. The van der Waals surface area contributed by atoms with Crippen molar-refractivity contribution in [2.24, 2.45) is 0 Å². The quantitative estimate of drug-likeness (QED) is 0.692. The van der Waals surface area contributed by atoms with Gasteiger partial charge in [0.25, 0.3) is 0 Å². The van der Waals surface area contributed by atoms with Gasteiger partial charge >= 0.3 is 0 Å². The van der Waals surface area contributed by atoms with Crippen molar-refractivity contribution < 1.29 is 23.2 Å². The minimum atomic E-state index is -1.02. The summed E-state index contributed by atoms with van der Waals surface area (Å²) in [5.41, 5.74) is 2.62. The number of hydrogen-bond donors (Lipinski definition) is 2. The van der Waals surface area contributed by atoms with Crippen molar-refractivity contribution in [1.82, 2.24) is 15.6 Å². The highest BCUT2D eigenvalue weighted by atomic mass is 19.1. The minimum absolute atomic E-state index is 0.0438. The smallest absolute Gasteiger partial charge is 0.234 e. The summed E-state index contributed by atoms with van der Waals surface area (Å²) in [5, 5.41) is 5.04. The number of imide groups is 1. The Morgan fingerprint density at radius 1 is 1.16 bits per heavy atom. The van der Waals surface area contributed by atoms with Crippen molar-refractivity contribution in [3.63, 3.8) is 0 Å². The molecule has 2 aromatic rings. The maximum absolute atomic E-state index is 14.7. The van der Waals surface area contributed by atoms with Gasteiger partial charge in [-0.15, -0.1) is 0 Å². The van der Waals surface area contributed by atoms with Crippen molar-refractivity contribution in [3.8, 4) is 0 Å². The second-order valence-electron chi connectivity index (χ2n) is 8.45. The lowest BCUT2D eigenvalue weighted by Crippen LogP contribution is -2.59. The summed E-state index contributed by atoms with van der Waals surface area (Å²) in [5.74, 6) is -3.94. The van der Waals surface area contributed by atoms with Gasteiger partial charge in [-0.2, -0.15) is 0 Å². The first-order valence-electron chi connectivity index (χ1n) is 10.5. The van der Waals surface area contributed by atoms with E-state index in [2.05, 4.69) is 15.6 Å². The highest BCUT2D eigenvalue weighted by molar-refractivity contribution is 6.01. The molecular weight excluding hydrogens is 418 g/mol. The fourth-order valence-corrected chi connectivity index (χ4v) is 4.29. The number of aryl methyl sites for hydroxylation is 2. The number of rotatable bonds is 5. The number of carbonyl (C=O) groups is 3. The second kappa shape index (κ2) is 8.64. The maximum atomic E-state index is 14.7. The highest BCUT2D eigenvalue weighted by Gasteiger charge is 2.34. The molecule has 2 saturated heterocycles. The Morgan fingerprint density at radius 2 is 1.84 bits per heavy atom. The zero-order valence-electron chi connectivity index (χ0n) is 17.9. The first-order valence-corrected chi connectivity index (χ1v) is 10.5. The number of piperidine rings is 1. The molecule has 0 radical (unpaired) electrons. The Balaban J connectivity index is 1.36. The number of nitrogens with zero attached hydrogens (tertiary/aromatic N) is 2. The molecule has 0 aliphatic carbocycles. The van der Waals surface area contributed by atoms with Crippen LogP contribution in [-0.2, 0) is 20.8 Å². The molecule has 2 N–H and O–H groups in total. The van der Waals surface area contributed by atoms with Crippen LogP contribution >= 0.6 is 0 Å². The molecular formula is C23H24F2N4O3. The largest absolute Gasteiger partial charge is 0.367 e. The van der Waals surface area contributed by atoms with Gasteiger partial charge in [-0.1, -0.05) is 0 Å². The topological polar surface area (TPSA) is 91.4 Å². The van der Waals surface area contributed by atoms with Crippen LogP contribution in [-0.4, -0.2) is 41.8 Å². The lowest BCUT2D eigenvalue weighted by molar-refractivity contribution is -0.134. The number of nitrogens with one attached hydrogen (secondary N) is 2. The monoisotopic (exact) mass is 442 g/mol. The standard InChI is InChI=1S/C23H24F2N4O3/c1-12-5-13(2)26-14(6-12)7-21(31)27-15-10-29(11-15)16-8-18(24)22(19(25)9-16)17-3-4-20(30)28-23(17)32/h5-6,8-9,15,17H,3-4,7,10-11H2,1-2H3,(H,27,31)(H,28,30,32). The molecule has 2 aliphatic rings. The van der Waals surface area contributed by atoms with E-state index in [9.17, 15) is 23.2 Å². The Morgan fingerprint density at radius 3 is 2.47 bits per heavy atom. The van der Waals surface area contributed by atoms with Gasteiger partial charge in [-0.05, 0) is 50.1 Å². The van der Waals surface area contributed by atoms with Crippen LogP contribution in [0.4, 0.5) is 14.5 Å². The summed E-state index contributed by atoms with van der Waals surface area (Å²) < 4.78 is 29.4. The molecule has 1 aromatic carbocycles. The first-order chi connectivity index (χ1) is 15.2. The third-order valence-electron chi connectivity index (χ3n) is 5.76.